The Hall–Kier alpha value is -1.80. The number of rotatable bonds is 6. The van der Waals surface area contributed by atoms with Crippen molar-refractivity contribution in [1.82, 2.24) is 10.0 Å². The standard InChI is InChI=1S/C11H18N4O3S/c1-13-11(16)9-4-3-8(12)7-10(9)15-5-6-19(17,18)14-2/h3-4,7,14-15H,5-6,12H2,1-2H3,(H,13,16). The van der Waals surface area contributed by atoms with Crippen molar-refractivity contribution in [2.45, 2.75) is 0 Å². The Morgan fingerprint density at radius 3 is 2.58 bits per heavy atom. The van der Waals surface area contributed by atoms with Gasteiger partial charge in [0.15, 0.2) is 0 Å². The van der Waals surface area contributed by atoms with Crippen molar-refractivity contribution in [2.75, 3.05) is 37.4 Å². The molecule has 0 saturated carbocycles. The number of nitrogens with one attached hydrogen (secondary N) is 3. The molecule has 0 aliphatic rings. The van der Waals surface area contributed by atoms with Crippen molar-refractivity contribution in [1.29, 1.82) is 0 Å². The number of benzene rings is 1. The molecule has 1 aromatic rings. The summed E-state index contributed by atoms with van der Waals surface area (Å²) in [4.78, 5) is 11.6. The summed E-state index contributed by atoms with van der Waals surface area (Å²) < 4.78 is 24.8. The molecule has 0 atom stereocenters. The van der Waals surface area contributed by atoms with E-state index in [1.807, 2.05) is 0 Å². The van der Waals surface area contributed by atoms with Gasteiger partial charge in [-0.3, -0.25) is 4.79 Å². The minimum atomic E-state index is -3.28. The fourth-order valence-corrected chi connectivity index (χ4v) is 2.04. The molecule has 106 valence electrons. The van der Waals surface area contributed by atoms with Gasteiger partial charge < -0.3 is 16.4 Å². The topological polar surface area (TPSA) is 113 Å². The molecule has 0 heterocycles. The first-order chi connectivity index (χ1) is 8.89. The number of nitrogens with two attached hydrogens (primary N) is 1. The SMILES string of the molecule is CNC(=O)c1ccc(N)cc1NCCS(=O)(=O)NC. The highest BCUT2D eigenvalue weighted by atomic mass is 32.2. The van der Waals surface area contributed by atoms with Gasteiger partial charge in [-0.1, -0.05) is 0 Å². The van der Waals surface area contributed by atoms with E-state index in [1.165, 1.54) is 14.1 Å². The first kappa shape index (κ1) is 15.3. The summed E-state index contributed by atoms with van der Waals surface area (Å²) in [5.41, 5.74) is 7.06. The van der Waals surface area contributed by atoms with Gasteiger partial charge >= 0.3 is 0 Å². The fraction of sp³-hybridized carbons (Fsp3) is 0.364. The zero-order valence-corrected chi connectivity index (χ0v) is 11.7. The second kappa shape index (κ2) is 6.39. The molecule has 5 N–H and O–H groups in total. The molecule has 1 amide bonds. The molecule has 19 heavy (non-hydrogen) atoms. The smallest absolute Gasteiger partial charge is 0.253 e. The lowest BCUT2D eigenvalue weighted by Gasteiger charge is -2.12. The minimum Gasteiger partial charge on any atom is -0.399 e. The highest BCUT2D eigenvalue weighted by Crippen LogP contribution is 2.19. The first-order valence-electron chi connectivity index (χ1n) is 5.66. The number of hydrogen-bond acceptors (Lipinski definition) is 5. The lowest BCUT2D eigenvalue weighted by Crippen LogP contribution is -2.27. The normalized spacial score (nSPS) is 11.1. The summed E-state index contributed by atoms with van der Waals surface area (Å²) >= 11 is 0. The maximum absolute atomic E-state index is 11.6. The lowest BCUT2D eigenvalue weighted by molar-refractivity contribution is 0.0964. The van der Waals surface area contributed by atoms with E-state index in [1.54, 1.807) is 18.2 Å². The van der Waals surface area contributed by atoms with Gasteiger partial charge in [0.05, 0.1) is 11.3 Å². The summed E-state index contributed by atoms with van der Waals surface area (Å²) in [5, 5.41) is 5.41. The van der Waals surface area contributed by atoms with Gasteiger partial charge in [-0.25, -0.2) is 13.1 Å². The third-order valence-corrected chi connectivity index (χ3v) is 3.88. The molecular formula is C11H18N4O3S. The van der Waals surface area contributed by atoms with Crippen LogP contribution < -0.4 is 21.1 Å². The van der Waals surface area contributed by atoms with E-state index >= 15 is 0 Å². The summed E-state index contributed by atoms with van der Waals surface area (Å²) in [7, 11) is -0.408. The molecule has 0 saturated heterocycles. The van der Waals surface area contributed by atoms with E-state index in [2.05, 4.69) is 15.4 Å². The first-order valence-corrected chi connectivity index (χ1v) is 7.31. The second-order valence-electron chi connectivity index (χ2n) is 3.83. The molecule has 1 aromatic carbocycles. The van der Waals surface area contributed by atoms with Gasteiger partial charge in [0.2, 0.25) is 10.0 Å². The number of carbonyl (C=O) groups is 1. The maximum Gasteiger partial charge on any atom is 0.253 e. The van der Waals surface area contributed by atoms with Crippen molar-refractivity contribution in [3.63, 3.8) is 0 Å². The van der Waals surface area contributed by atoms with Crippen LogP contribution in [-0.2, 0) is 10.0 Å². The molecule has 0 bridgehead atoms. The summed E-state index contributed by atoms with van der Waals surface area (Å²) in [5.74, 6) is -0.357. The van der Waals surface area contributed by atoms with Gasteiger partial charge in [-0.2, -0.15) is 0 Å². The average Bonchev–Trinajstić information content (AvgIpc) is 2.38. The van der Waals surface area contributed by atoms with Gasteiger partial charge in [0.25, 0.3) is 5.91 Å². The third-order valence-electron chi connectivity index (χ3n) is 2.51. The van der Waals surface area contributed by atoms with Gasteiger partial charge in [0.1, 0.15) is 0 Å². The Balaban J connectivity index is 2.82. The molecule has 1 rings (SSSR count). The Bertz CT molecular complexity index is 557. The quantitative estimate of drug-likeness (QED) is 0.531. The van der Waals surface area contributed by atoms with Crippen LogP contribution in [-0.4, -0.2) is 40.7 Å². The number of nitrogen functional groups attached to an aromatic ring is 1. The van der Waals surface area contributed by atoms with E-state index in [4.69, 9.17) is 5.73 Å². The summed E-state index contributed by atoms with van der Waals surface area (Å²) in [6, 6.07) is 4.79. The third kappa shape index (κ3) is 4.42. The molecule has 8 heteroatoms. The summed E-state index contributed by atoms with van der Waals surface area (Å²) in [6.45, 7) is 0.177. The molecule has 0 unspecified atom stereocenters. The van der Waals surface area contributed by atoms with E-state index < -0.39 is 10.0 Å². The van der Waals surface area contributed by atoms with E-state index in [0.29, 0.717) is 16.9 Å². The number of hydrogen-bond donors (Lipinski definition) is 4. The molecule has 0 aromatic heterocycles. The van der Waals surface area contributed by atoms with Crippen LogP contribution in [0.5, 0.6) is 0 Å². The van der Waals surface area contributed by atoms with Gasteiger partial charge in [-0.15, -0.1) is 0 Å². The zero-order valence-electron chi connectivity index (χ0n) is 10.9. The van der Waals surface area contributed by atoms with Crippen LogP contribution in [0.3, 0.4) is 0 Å². The number of anilines is 2. The van der Waals surface area contributed by atoms with Crippen molar-refractivity contribution in [3.05, 3.63) is 23.8 Å². The van der Waals surface area contributed by atoms with Gasteiger partial charge in [0, 0.05) is 25.0 Å². The fourth-order valence-electron chi connectivity index (χ4n) is 1.46. The lowest BCUT2D eigenvalue weighted by atomic mass is 10.1. The highest BCUT2D eigenvalue weighted by Gasteiger charge is 2.11. The largest absolute Gasteiger partial charge is 0.399 e. The second-order valence-corrected chi connectivity index (χ2v) is 5.88. The van der Waals surface area contributed by atoms with Crippen molar-refractivity contribution in [2.24, 2.45) is 0 Å². The Morgan fingerprint density at radius 1 is 1.32 bits per heavy atom. The van der Waals surface area contributed by atoms with Crippen LogP contribution in [0.2, 0.25) is 0 Å². The molecule has 0 radical (unpaired) electrons. The maximum atomic E-state index is 11.6. The van der Waals surface area contributed by atoms with Crippen LogP contribution in [0.1, 0.15) is 10.4 Å². The molecule has 0 aliphatic heterocycles. The van der Waals surface area contributed by atoms with E-state index in [-0.39, 0.29) is 18.2 Å². The van der Waals surface area contributed by atoms with Crippen molar-refractivity contribution < 1.29 is 13.2 Å². The van der Waals surface area contributed by atoms with Crippen molar-refractivity contribution in [3.8, 4) is 0 Å². The Labute approximate surface area is 112 Å². The molecular weight excluding hydrogens is 268 g/mol. The zero-order chi connectivity index (χ0) is 14.5. The summed E-state index contributed by atoms with van der Waals surface area (Å²) in [6.07, 6.45) is 0. The van der Waals surface area contributed by atoms with E-state index in [0.717, 1.165) is 0 Å². The molecule has 7 nitrogen and oxygen atoms in total. The van der Waals surface area contributed by atoms with Gasteiger partial charge in [-0.05, 0) is 25.2 Å². The van der Waals surface area contributed by atoms with Crippen LogP contribution in [0, 0.1) is 0 Å². The number of amides is 1. The minimum absolute atomic E-state index is 0.0918. The predicted octanol–water partition coefficient (Wildman–Crippen LogP) is -0.410. The van der Waals surface area contributed by atoms with Crippen LogP contribution in [0.25, 0.3) is 0 Å². The molecule has 0 fully saturated rings. The molecule has 0 spiro atoms. The average molecular weight is 286 g/mol. The number of sulfonamides is 1. The Kier molecular flexibility index (Phi) is 5.13. The predicted molar refractivity (Wildman–Crippen MR) is 75.6 cm³/mol. The van der Waals surface area contributed by atoms with Crippen LogP contribution >= 0.6 is 0 Å². The highest BCUT2D eigenvalue weighted by molar-refractivity contribution is 7.89. The van der Waals surface area contributed by atoms with Crippen LogP contribution in [0.15, 0.2) is 18.2 Å². The monoisotopic (exact) mass is 286 g/mol. The molecule has 0 aliphatic carbocycles. The van der Waals surface area contributed by atoms with Crippen molar-refractivity contribution >= 4 is 27.3 Å². The Morgan fingerprint density at radius 2 is 2.00 bits per heavy atom. The number of carbonyl (C=O) groups excluding carboxylic acids is 1. The van der Waals surface area contributed by atoms with Crippen LogP contribution in [0.4, 0.5) is 11.4 Å². The van der Waals surface area contributed by atoms with E-state index in [9.17, 15) is 13.2 Å².